The van der Waals surface area contributed by atoms with E-state index in [2.05, 4.69) is 36.8 Å². The molecule has 90 valence electrons. The van der Waals surface area contributed by atoms with Gasteiger partial charge in [0.1, 0.15) is 5.82 Å². The minimum Gasteiger partial charge on any atom is -0.461 e. The zero-order valence-electron chi connectivity index (χ0n) is 8.91. The van der Waals surface area contributed by atoms with Crippen molar-refractivity contribution in [1.29, 1.82) is 0 Å². The summed E-state index contributed by atoms with van der Waals surface area (Å²) in [5.41, 5.74) is 6.57. The molecule has 0 aliphatic heterocycles. The molecule has 2 aromatic rings. The van der Waals surface area contributed by atoms with E-state index < -0.39 is 5.97 Å². The molecular weight excluding hydrogens is 354 g/mol. The van der Waals surface area contributed by atoms with Crippen molar-refractivity contribution in [2.45, 2.75) is 6.92 Å². The molecule has 0 aliphatic carbocycles. The van der Waals surface area contributed by atoms with E-state index in [0.717, 1.165) is 8.95 Å². The quantitative estimate of drug-likeness (QED) is 0.833. The molecule has 0 atom stereocenters. The summed E-state index contributed by atoms with van der Waals surface area (Å²) < 4.78 is 8.09. The van der Waals surface area contributed by atoms with Crippen molar-refractivity contribution >= 4 is 49.3 Å². The van der Waals surface area contributed by atoms with Crippen molar-refractivity contribution in [3.8, 4) is 0 Å². The van der Waals surface area contributed by atoms with Crippen molar-refractivity contribution in [2.24, 2.45) is 0 Å². The van der Waals surface area contributed by atoms with E-state index in [1.54, 1.807) is 17.5 Å². The highest BCUT2D eigenvalue weighted by Gasteiger charge is 2.19. The van der Waals surface area contributed by atoms with Gasteiger partial charge in [0, 0.05) is 10.7 Å². The van der Waals surface area contributed by atoms with E-state index in [9.17, 15) is 4.79 Å². The molecule has 0 unspecified atom stereocenters. The largest absolute Gasteiger partial charge is 0.461 e. The van der Waals surface area contributed by atoms with Gasteiger partial charge >= 0.3 is 5.97 Å². The standard InChI is InChI=1S/C10H9Br2N3O2/c1-2-17-10(16)7-8(13)15-4-5(11)3-6(12)9(15)14-7/h3-4H,2,13H2,1H3. The van der Waals surface area contributed by atoms with E-state index in [0.29, 0.717) is 5.65 Å². The van der Waals surface area contributed by atoms with Gasteiger partial charge in [0.2, 0.25) is 0 Å². The highest BCUT2D eigenvalue weighted by atomic mass is 79.9. The number of nitrogens with two attached hydrogens (primary N) is 1. The van der Waals surface area contributed by atoms with Crippen LogP contribution in [0.25, 0.3) is 5.65 Å². The Morgan fingerprint density at radius 1 is 1.59 bits per heavy atom. The van der Waals surface area contributed by atoms with Gasteiger partial charge in [-0.1, -0.05) is 0 Å². The van der Waals surface area contributed by atoms with Crippen LogP contribution in [-0.4, -0.2) is 22.0 Å². The van der Waals surface area contributed by atoms with Crippen LogP contribution in [0.1, 0.15) is 17.4 Å². The number of carbonyl (C=O) groups excluding carboxylic acids is 1. The Hall–Kier alpha value is -1.08. The Morgan fingerprint density at radius 3 is 2.94 bits per heavy atom. The number of esters is 1. The van der Waals surface area contributed by atoms with E-state index in [1.165, 1.54) is 0 Å². The number of aromatic nitrogens is 2. The van der Waals surface area contributed by atoms with E-state index >= 15 is 0 Å². The number of anilines is 1. The summed E-state index contributed by atoms with van der Waals surface area (Å²) in [6.45, 7) is 2.02. The molecule has 0 spiro atoms. The first-order chi connectivity index (χ1) is 8.04. The number of nitrogens with zero attached hydrogens (tertiary/aromatic N) is 2. The lowest BCUT2D eigenvalue weighted by Crippen LogP contribution is -2.08. The first kappa shape index (κ1) is 12.4. The predicted molar refractivity (Wildman–Crippen MR) is 71.0 cm³/mol. The Bertz CT molecular complexity index is 595. The third-order valence-corrected chi connectivity index (χ3v) is 3.16. The van der Waals surface area contributed by atoms with Crippen LogP contribution in [0.4, 0.5) is 5.82 Å². The van der Waals surface area contributed by atoms with Crippen LogP contribution in [-0.2, 0) is 4.74 Å². The van der Waals surface area contributed by atoms with Gasteiger partial charge < -0.3 is 10.5 Å². The van der Waals surface area contributed by atoms with Gasteiger partial charge in [0.25, 0.3) is 0 Å². The lowest BCUT2D eigenvalue weighted by Gasteiger charge is -2.00. The molecular formula is C10H9Br2N3O2. The Kier molecular flexibility index (Phi) is 3.39. The normalized spacial score (nSPS) is 10.8. The fourth-order valence-electron chi connectivity index (χ4n) is 1.44. The topological polar surface area (TPSA) is 69.6 Å². The van der Waals surface area contributed by atoms with Crippen molar-refractivity contribution in [3.05, 3.63) is 26.9 Å². The summed E-state index contributed by atoms with van der Waals surface area (Å²) in [4.78, 5) is 15.8. The predicted octanol–water partition coefficient (Wildman–Crippen LogP) is 2.62. The number of halogens is 2. The SMILES string of the molecule is CCOC(=O)c1nc2c(Br)cc(Br)cn2c1N. The number of rotatable bonds is 2. The van der Waals surface area contributed by atoms with E-state index in [1.807, 2.05) is 6.07 Å². The minimum atomic E-state index is -0.517. The molecule has 0 radical (unpaired) electrons. The summed E-state index contributed by atoms with van der Waals surface area (Å²) in [7, 11) is 0. The summed E-state index contributed by atoms with van der Waals surface area (Å²) in [6, 6.07) is 1.83. The molecule has 5 nitrogen and oxygen atoms in total. The lowest BCUT2D eigenvalue weighted by atomic mass is 10.4. The van der Waals surface area contributed by atoms with Crippen LogP contribution in [0.5, 0.6) is 0 Å². The van der Waals surface area contributed by atoms with E-state index in [-0.39, 0.29) is 18.1 Å². The van der Waals surface area contributed by atoms with Crippen molar-refractivity contribution in [2.75, 3.05) is 12.3 Å². The Labute approximate surface area is 114 Å². The minimum absolute atomic E-state index is 0.130. The second kappa shape index (κ2) is 4.66. The first-order valence-corrected chi connectivity index (χ1v) is 6.43. The Balaban J connectivity index is 2.64. The molecule has 0 saturated carbocycles. The van der Waals surface area contributed by atoms with Crippen molar-refractivity contribution in [1.82, 2.24) is 9.38 Å². The van der Waals surface area contributed by atoms with Gasteiger partial charge in [0.15, 0.2) is 11.3 Å². The maximum atomic E-state index is 11.6. The van der Waals surface area contributed by atoms with Crippen LogP contribution in [0, 0.1) is 0 Å². The number of pyridine rings is 1. The smallest absolute Gasteiger partial charge is 0.360 e. The third-order valence-electron chi connectivity index (χ3n) is 2.15. The zero-order chi connectivity index (χ0) is 12.6. The van der Waals surface area contributed by atoms with Gasteiger partial charge in [-0.05, 0) is 44.8 Å². The second-order valence-electron chi connectivity index (χ2n) is 3.27. The number of fused-ring (bicyclic) bond motifs is 1. The molecule has 7 heteroatoms. The third kappa shape index (κ3) is 2.16. The van der Waals surface area contributed by atoms with Gasteiger partial charge in [-0.25, -0.2) is 9.78 Å². The average molecular weight is 363 g/mol. The molecule has 17 heavy (non-hydrogen) atoms. The maximum Gasteiger partial charge on any atom is 0.360 e. The highest BCUT2D eigenvalue weighted by Crippen LogP contribution is 2.26. The fourth-order valence-corrected chi connectivity index (χ4v) is 2.71. The second-order valence-corrected chi connectivity index (χ2v) is 5.04. The van der Waals surface area contributed by atoms with Crippen LogP contribution in [0.2, 0.25) is 0 Å². The van der Waals surface area contributed by atoms with Crippen molar-refractivity contribution < 1.29 is 9.53 Å². The van der Waals surface area contributed by atoms with Gasteiger partial charge in [-0.2, -0.15) is 0 Å². The first-order valence-electron chi connectivity index (χ1n) is 4.84. The number of ether oxygens (including phenoxy) is 1. The number of imidazole rings is 1. The monoisotopic (exact) mass is 361 g/mol. The molecule has 0 amide bonds. The summed E-state index contributed by atoms with van der Waals surface area (Å²) in [6.07, 6.45) is 1.74. The fraction of sp³-hybridized carbons (Fsp3) is 0.200. The Morgan fingerprint density at radius 2 is 2.29 bits per heavy atom. The van der Waals surface area contributed by atoms with Gasteiger partial charge in [-0.3, -0.25) is 4.40 Å². The summed E-state index contributed by atoms with van der Waals surface area (Å²) >= 11 is 6.71. The molecule has 0 aromatic carbocycles. The van der Waals surface area contributed by atoms with Crippen molar-refractivity contribution in [3.63, 3.8) is 0 Å². The molecule has 0 saturated heterocycles. The number of hydrogen-bond acceptors (Lipinski definition) is 4. The number of carbonyl (C=O) groups is 1. The van der Waals surface area contributed by atoms with Crippen LogP contribution < -0.4 is 5.73 Å². The molecule has 2 heterocycles. The highest BCUT2D eigenvalue weighted by molar-refractivity contribution is 9.11. The lowest BCUT2D eigenvalue weighted by molar-refractivity contribution is 0.0521. The van der Waals surface area contributed by atoms with Crippen LogP contribution in [0.15, 0.2) is 21.2 Å². The summed E-state index contributed by atoms with van der Waals surface area (Å²) in [5, 5.41) is 0. The molecule has 2 aromatic heterocycles. The molecule has 0 bridgehead atoms. The number of nitrogen functional groups attached to an aromatic ring is 1. The maximum absolute atomic E-state index is 11.6. The zero-order valence-corrected chi connectivity index (χ0v) is 12.1. The average Bonchev–Trinajstić information content (AvgIpc) is 2.57. The molecule has 2 N–H and O–H groups in total. The van der Waals surface area contributed by atoms with Gasteiger partial charge in [0.05, 0.1) is 11.1 Å². The van der Waals surface area contributed by atoms with Gasteiger partial charge in [-0.15, -0.1) is 0 Å². The van der Waals surface area contributed by atoms with E-state index in [4.69, 9.17) is 10.5 Å². The molecule has 0 aliphatic rings. The van der Waals surface area contributed by atoms with Crippen LogP contribution in [0.3, 0.4) is 0 Å². The molecule has 2 rings (SSSR count). The molecule has 0 fully saturated rings. The van der Waals surface area contributed by atoms with Crippen LogP contribution >= 0.6 is 31.9 Å². The number of hydrogen-bond donors (Lipinski definition) is 1. The summed E-state index contributed by atoms with van der Waals surface area (Å²) in [5.74, 6) is -0.253.